The van der Waals surface area contributed by atoms with Crippen LogP contribution in [0.15, 0.2) is 59.1 Å². The molecule has 7 heteroatoms. The van der Waals surface area contributed by atoms with Gasteiger partial charge in [-0.2, -0.15) is 4.98 Å². The van der Waals surface area contributed by atoms with Crippen LogP contribution in [0, 0.1) is 12.8 Å². The van der Waals surface area contributed by atoms with Gasteiger partial charge in [0.2, 0.25) is 5.91 Å². The Morgan fingerprint density at radius 3 is 2.48 bits per heavy atom. The number of carbonyl (C=O) groups excluding carboxylic acids is 2. The third-order valence-corrected chi connectivity index (χ3v) is 5.59. The quantitative estimate of drug-likeness (QED) is 0.664. The fourth-order valence-electron chi connectivity index (χ4n) is 3.72. The van der Waals surface area contributed by atoms with Crippen molar-refractivity contribution in [2.75, 3.05) is 19.6 Å². The monoisotopic (exact) mass is 418 g/mol. The molecule has 7 nitrogen and oxygen atoms in total. The number of benzene rings is 2. The first kappa shape index (κ1) is 20.8. The van der Waals surface area contributed by atoms with Gasteiger partial charge in [-0.15, -0.1) is 0 Å². The number of carbonyl (C=O) groups is 2. The van der Waals surface area contributed by atoms with Gasteiger partial charge in [-0.25, -0.2) is 0 Å². The highest BCUT2D eigenvalue weighted by atomic mass is 16.5. The molecule has 1 aliphatic rings. The number of hydrogen-bond acceptors (Lipinski definition) is 5. The summed E-state index contributed by atoms with van der Waals surface area (Å²) < 4.78 is 5.29. The molecule has 0 aliphatic carbocycles. The van der Waals surface area contributed by atoms with Crippen molar-refractivity contribution in [3.05, 3.63) is 71.5 Å². The van der Waals surface area contributed by atoms with Crippen molar-refractivity contribution in [3.8, 4) is 11.5 Å². The molecule has 0 atom stereocenters. The summed E-state index contributed by atoms with van der Waals surface area (Å²) in [4.78, 5) is 31.4. The molecule has 1 saturated heterocycles. The molecule has 1 N–H and O–H groups in total. The van der Waals surface area contributed by atoms with Crippen LogP contribution < -0.4 is 5.32 Å². The highest BCUT2D eigenvalue weighted by molar-refractivity contribution is 5.94. The van der Waals surface area contributed by atoms with Crippen LogP contribution in [0.2, 0.25) is 0 Å². The maximum Gasteiger partial charge on any atom is 0.257 e. The summed E-state index contributed by atoms with van der Waals surface area (Å²) in [7, 11) is 0. The number of rotatable bonds is 6. The van der Waals surface area contributed by atoms with Gasteiger partial charge in [-0.3, -0.25) is 9.59 Å². The maximum absolute atomic E-state index is 12.6. The van der Waals surface area contributed by atoms with Gasteiger partial charge in [0.05, 0.1) is 0 Å². The molecule has 160 valence electrons. The Hall–Kier alpha value is -3.48. The Bertz CT molecular complexity index is 1020. The van der Waals surface area contributed by atoms with Gasteiger partial charge in [0, 0.05) is 43.1 Å². The average molecular weight is 418 g/mol. The Labute approximate surface area is 181 Å². The zero-order valence-electron chi connectivity index (χ0n) is 17.6. The van der Waals surface area contributed by atoms with Gasteiger partial charge in [0.25, 0.3) is 11.8 Å². The van der Waals surface area contributed by atoms with Crippen LogP contribution >= 0.6 is 0 Å². The van der Waals surface area contributed by atoms with Gasteiger partial charge in [-0.05, 0) is 44.0 Å². The van der Waals surface area contributed by atoms with E-state index in [0.717, 1.165) is 11.1 Å². The van der Waals surface area contributed by atoms with Crippen LogP contribution in [0.4, 0.5) is 0 Å². The first-order valence-corrected chi connectivity index (χ1v) is 10.6. The van der Waals surface area contributed by atoms with Gasteiger partial charge in [0.1, 0.15) is 0 Å². The summed E-state index contributed by atoms with van der Waals surface area (Å²) in [5.41, 5.74) is 2.70. The number of nitrogens with one attached hydrogen (secondary N) is 1. The first-order valence-electron chi connectivity index (χ1n) is 10.6. The van der Waals surface area contributed by atoms with Crippen molar-refractivity contribution in [1.82, 2.24) is 20.4 Å². The molecule has 31 heavy (non-hydrogen) atoms. The largest absolute Gasteiger partial charge is 0.355 e. The van der Waals surface area contributed by atoms with Crippen molar-refractivity contribution >= 4 is 11.8 Å². The van der Waals surface area contributed by atoms with Gasteiger partial charge in [0.15, 0.2) is 5.82 Å². The van der Waals surface area contributed by atoms with E-state index < -0.39 is 0 Å². The van der Waals surface area contributed by atoms with Crippen LogP contribution in [0.25, 0.3) is 11.5 Å². The van der Waals surface area contributed by atoms with E-state index in [1.807, 2.05) is 66.4 Å². The highest BCUT2D eigenvalue weighted by Crippen LogP contribution is 2.20. The number of likely N-dealkylation sites (tertiary alicyclic amines) is 1. The van der Waals surface area contributed by atoms with Crippen molar-refractivity contribution in [2.45, 2.75) is 26.2 Å². The molecular formula is C24H26N4O3. The highest BCUT2D eigenvalue weighted by Gasteiger charge is 2.27. The lowest BCUT2D eigenvalue weighted by atomic mass is 9.95. The minimum Gasteiger partial charge on any atom is -0.355 e. The topological polar surface area (TPSA) is 88.3 Å². The molecule has 1 aromatic heterocycles. The molecule has 1 fully saturated rings. The van der Waals surface area contributed by atoms with E-state index in [4.69, 9.17) is 4.52 Å². The van der Waals surface area contributed by atoms with Crippen LogP contribution in [0.3, 0.4) is 0 Å². The molecule has 0 bridgehead atoms. The number of aromatic nitrogens is 2. The van der Waals surface area contributed by atoms with Crippen molar-refractivity contribution in [3.63, 3.8) is 0 Å². The number of nitrogens with zero attached hydrogens (tertiary/aromatic N) is 3. The van der Waals surface area contributed by atoms with Crippen LogP contribution in [0.5, 0.6) is 0 Å². The van der Waals surface area contributed by atoms with Gasteiger partial charge >= 0.3 is 0 Å². The number of aryl methyl sites for hydroxylation is 1. The van der Waals surface area contributed by atoms with Crippen LogP contribution in [0.1, 0.15) is 34.6 Å². The summed E-state index contributed by atoms with van der Waals surface area (Å²) in [6.45, 7) is 3.64. The minimum atomic E-state index is -0.0767. The van der Waals surface area contributed by atoms with Gasteiger partial charge in [-0.1, -0.05) is 41.1 Å². The van der Waals surface area contributed by atoms with E-state index in [1.165, 1.54) is 0 Å². The molecule has 0 spiro atoms. The average Bonchev–Trinajstić information content (AvgIpc) is 3.29. The zero-order valence-corrected chi connectivity index (χ0v) is 17.6. The minimum absolute atomic E-state index is 0.0224. The lowest BCUT2D eigenvalue weighted by Crippen LogP contribution is -2.43. The molecule has 0 saturated carbocycles. The Morgan fingerprint density at radius 2 is 1.77 bits per heavy atom. The van der Waals surface area contributed by atoms with Crippen molar-refractivity contribution in [2.24, 2.45) is 5.92 Å². The molecule has 0 unspecified atom stereocenters. The summed E-state index contributed by atoms with van der Waals surface area (Å²) in [5, 5.41) is 6.95. The van der Waals surface area contributed by atoms with E-state index in [9.17, 15) is 9.59 Å². The predicted octanol–water partition coefficient (Wildman–Crippen LogP) is 3.26. The zero-order chi connectivity index (χ0) is 21.6. The Morgan fingerprint density at radius 1 is 1.06 bits per heavy atom. The maximum atomic E-state index is 12.6. The number of amides is 2. The summed E-state index contributed by atoms with van der Waals surface area (Å²) in [6.07, 6.45) is 1.85. The fourth-order valence-corrected chi connectivity index (χ4v) is 3.72. The molecular weight excluding hydrogens is 392 g/mol. The summed E-state index contributed by atoms with van der Waals surface area (Å²) in [6, 6.07) is 17.2. The molecule has 2 aromatic carbocycles. The Kier molecular flexibility index (Phi) is 6.40. The predicted molar refractivity (Wildman–Crippen MR) is 116 cm³/mol. The third-order valence-electron chi connectivity index (χ3n) is 5.59. The lowest BCUT2D eigenvalue weighted by Gasteiger charge is -2.31. The number of piperidine rings is 1. The van der Waals surface area contributed by atoms with Crippen LogP contribution in [-0.2, 0) is 11.2 Å². The van der Waals surface area contributed by atoms with E-state index in [-0.39, 0.29) is 17.7 Å². The molecule has 4 rings (SSSR count). The lowest BCUT2D eigenvalue weighted by molar-refractivity contribution is -0.126. The number of hydrogen-bond donors (Lipinski definition) is 1. The second-order valence-corrected chi connectivity index (χ2v) is 7.86. The SMILES string of the molecule is Cc1ccc(C(=O)N2CCC(C(=O)NCCc3noc(-c4ccccc4)n3)CC2)cc1. The van der Waals surface area contributed by atoms with E-state index in [0.29, 0.717) is 56.2 Å². The molecule has 2 heterocycles. The molecule has 0 radical (unpaired) electrons. The summed E-state index contributed by atoms with van der Waals surface area (Å²) in [5.74, 6) is 1.02. The molecule has 3 aromatic rings. The molecule has 2 amide bonds. The first-order chi connectivity index (χ1) is 15.1. The Balaban J connectivity index is 1.21. The fraction of sp³-hybridized carbons (Fsp3) is 0.333. The smallest absolute Gasteiger partial charge is 0.257 e. The normalized spacial score (nSPS) is 14.4. The third kappa shape index (κ3) is 5.17. The van der Waals surface area contributed by atoms with Crippen LogP contribution in [-0.4, -0.2) is 46.5 Å². The van der Waals surface area contributed by atoms with Crippen molar-refractivity contribution in [1.29, 1.82) is 0 Å². The van der Waals surface area contributed by atoms with E-state index in [2.05, 4.69) is 15.5 Å². The standard InChI is InChI=1S/C24H26N4O3/c1-17-7-9-20(10-8-17)24(30)28-15-12-18(13-16-28)22(29)25-14-11-21-26-23(31-27-21)19-5-3-2-4-6-19/h2-10,18H,11-16H2,1H3,(H,25,29). The van der Waals surface area contributed by atoms with E-state index >= 15 is 0 Å². The second kappa shape index (κ2) is 9.55. The van der Waals surface area contributed by atoms with Gasteiger partial charge < -0.3 is 14.7 Å². The molecule has 1 aliphatic heterocycles. The van der Waals surface area contributed by atoms with E-state index in [1.54, 1.807) is 0 Å². The van der Waals surface area contributed by atoms with Crippen molar-refractivity contribution < 1.29 is 14.1 Å². The second-order valence-electron chi connectivity index (χ2n) is 7.86. The summed E-state index contributed by atoms with van der Waals surface area (Å²) >= 11 is 0.